The number of amides is 3. The van der Waals surface area contributed by atoms with Crippen molar-refractivity contribution < 1.29 is 18.4 Å². The van der Waals surface area contributed by atoms with Gasteiger partial charge in [0.1, 0.15) is 11.6 Å². The summed E-state index contributed by atoms with van der Waals surface area (Å²) < 4.78 is 26.5. The molecule has 3 N–H and O–H groups in total. The van der Waals surface area contributed by atoms with Crippen molar-refractivity contribution in [1.29, 1.82) is 0 Å². The largest absolute Gasteiger partial charge is 0.356 e. The molecule has 2 aromatic rings. The molecule has 2 unspecified atom stereocenters. The monoisotopic (exact) mass is 538 g/mol. The average Bonchev–Trinajstić information content (AvgIpc) is 3.50. The lowest BCUT2D eigenvalue weighted by Crippen LogP contribution is -2.39. The van der Waals surface area contributed by atoms with Crippen LogP contribution in [0.25, 0.3) is 0 Å². The van der Waals surface area contributed by atoms with Crippen molar-refractivity contribution >= 4 is 40.8 Å². The SMILES string of the molecule is O=C(Nc1cc(F)cc(F)c1)N[C@H]1CCN(CCCCCNC(=O)C2CC2c2ccc(Cl)c(Cl)c2)C1. The molecule has 1 saturated heterocycles. The van der Waals surface area contributed by atoms with E-state index in [4.69, 9.17) is 23.2 Å². The Morgan fingerprint density at radius 3 is 2.53 bits per heavy atom. The summed E-state index contributed by atoms with van der Waals surface area (Å²) >= 11 is 12.0. The summed E-state index contributed by atoms with van der Waals surface area (Å²) in [5, 5.41) is 9.41. The predicted molar refractivity (Wildman–Crippen MR) is 138 cm³/mol. The first-order valence-electron chi connectivity index (χ1n) is 12.3. The lowest BCUT2D eigenvalue weighted by atomic mass is 10.1. The average molecular weight is 539 g/mol. The third-order valence-corrected chi connectivity index (χ3v) is 7.42. The number of hydrogen-bond donors (Lipinski definition) is 3. The highest BCUT2D eigenvalue weighted by molar-refractivity contribution is 6.42. The molecule has 2 aliphatic rings. The van der Waals surface area contributed by atoms with Crippen LogP contribution in [-0.4, -0.2) is 49.1 Å². The Morgan fingerprint density at radius 1 is 1.00 bits per heavy atom. The van der Waals surface area contributed by atoms with E-state index >= 15 is 0 Å². The van der Waals surface area contributed by atoms with Crippen molar-refractivity contribution in [2.24, 2.45) is 5.92 Å². The number of benzene rings is 2. The van der Waals surface area contributed by atoms with Gasteiger partial charge in [-0.25, -0.2) is 13.6 Å². The highest BCUT2D eigenvalue weighted by atomic mass is 35.5. The second kappa shape index (κ2) is 12.2. The standard InChI is InChI=1S/C26H30Cl2F2N4O2/c27-23-5-4-16(10-24(23)28)21-14-22(21)25(35)31-7-2-1-3-8-34-9-6-19(15-34)32-26(36)33-20-12-17(29)11-18(30)13-20/h4-5,10-13,19,21-22H,1-3,6-9,14-15H2,(H,31,35)(H2,32,33,36)/t19-,21?,22?/m0/s1. The number of likely N-dealkylation sites (tertiary alicyclic amines) is 1. The molecule has 10 heteroatoms. The van der Waals surface area contributed by atoms with Crippen LogP contribution in [0.15, 0.2) is 36.4 Å². The molecule has 0 aromatic heterocycles. The van der Waals surface area contributed by atoms with Crippen molar-refractivity contribution in [3.63, 3.8) is 0 Å². The molecule has 0 radical (unpaired) electrons. The fourth-order valence-electron chi connectivity index (χ4n) is 4.71. The highest BCUT2D eigenvalue weighted by Crippen LogP contribution is 2.48. The Kier molecular flexibility index (Phi) is 9.04. The lowest BCUT2D eigenvalue weighted by Gasteiger charge is -2.17. The molecule has 1 aliphatic heterocycles. The minimum absolute atomic E-state index is 0.00779. The smallest absolute Gasteiger partial charge is 0.319 e. The fraction of sp³-hybridized carbons (Fsp3) is 0.462. The van der Waals surface area contributed by atoms with Gasteiger partial charge in [0.2, 0.25) is 5.91 Å². The first-order chi connectivity index (χ1) is 17.3. The molecule has 3 amide bonds. The number of hydrogen-bond acceptors (Lipinski definition) is 3. The van der Waals surface area contributed by atoms with Gasteiger partial charge < -0.3 is 20.9 Å². The van der Waals surface area contributed by atoms with Gasteiger partial charge in [-0.2, -0.15) is 0 Å². The summed E-state index contributed by atoms with van der Waals surface area (Å²) in [5.41, 5.74) is 1.14. The quantitative estimate of drug-likeness (QED) is 0.347. The van der Waals surface area contributed by atoms with E-state index in [1.54, 1.807) is 6.07 Å². The van der Waals surface area contributed by atoms with Crippen LogP contribution in [0.4, 0.5) is 19.3 Å². The van der Waals surface area contributed by atoms with Crippen molar-refractivity contribution in [3.05, 3.63) is 63.6 Å². The van der Waals surface area contributed by atoms with E-state index in [-0.39, 0.29) is 29.5 Å². The van der Waals surface area contributed by atoms with Crippen LogP contribution in [0.1, 0.15) is 43.6 Å². The molecule has 4 rings (SSSR count). The Bertz CT molecular complexity index is 1080. The third-order valence-electron chi connectivity index (χ3n) is 6.68. The van der Waals surface area contributed by atoms with E-state index < -0.39 is 17.7 Å². The van der Waals surface area contributed by atoms with E-state index in [9.17, 15) is 18.4 Å². The molecular weight excluding hydrogens is 509 g/mol. The van der Waals surface area contributed by atoms with Crippen LogP contribution in [-0.2, 0) is 4.79 Å². The maximum atomic E-state index is 13.3. The van der Waals surface area contributed by atoms with Gasteiger partial charge in [0.25, 0.3) is 0 Å². The molecular formula is C26H30Cl2F2N4O2. The van der Waals surface area contributed by atoms with E-state index in [1.807, 2.05) is 12.1 Å². The molecule has 1 saturated carbocycles. The fourth-order valence-corrected chi connectivity index (χ4v) is 5.01. The molecule has 1 aliphatic carbocycles. The number of unbranched alkanes of at least 4 members (excludes halogenated alkanes) is 2. The number of urea groups is 1. The van der Waals surface area contributed by atoms with Gasteiger partial charge in [0, 0.05) is 43.3 Å². The van der Waals surface area contributed by atoms with Crippen LogP contribution in [0.5, 0.6) is 0 Å². The third kappa shape index (κ3) is 7.54. The topological polar surface area (TPSA) is 73.5 Å². The van der Waals surface area contributed by atoms with Crippen molar-refractivity contribution in [2.75, 3.05) is 31.5 Å². The summed E-state index contributed by atoms with van der Waals surface area (Å²) in [5.74, 6) is -1.16. The van der Waals surface area contributed by atoms with Gasteiger partial charge in [0.05, 0.1) is 10.0 Å². The van der Waals surface area contributed by atoms with E-state index in [1.165, 1.54) is 0 Å². The number of nitrogens with one attached hydrogen (secondary N) is 3. The van der Waals surface area contributed by atoms with E-state index in [2.05, 4.69) is 20.9 Å². The summed E-state index contributed by atoms with van der Waals surface area (Å²) in [4.78, 5) is 26.8. The summed E-state index contributed by atoms with van der Waals surface area (Å²) in [6.45, 7) is 3.20. The van der Waals surface area contributed by atoms with Gasteiger partial charge in [-0.3, -0.25) is 4.79 Å². The number of anilines is 1. The second-order valence-corrected chi connectivity index (χ2v) is 10.3. The molecule has 3 atom stereocenters. The normalized spacial score (nSPS) is 21.3. The van der Waals surface area contributed by atoms with Crippen LogP contribution >= 0.6 is 23.2 Å². The molecule has 0 bridgehead atoms. The van der Waals surface area contributed by atoms with Crippen molar-refractivity contribution in [2.45, 2.75) is 44.1 Å². The van der Waals surface area contributed by atoms with Crippen molar-refractivity contribution in [3.8, 4) is 0 Å². The Balaban J connectivity index is 1.05. The minimum atomic E-state index is -0.739. The molecule has 194 valence electrons. The summed E-state index contributed by atoms with van der Waals surface area (Å²) in [6, 6.07) is 7.98. The zero-order valence-corrected chi connectivity index (χ0v) is 21.3. The molecule has 36 heavy (non-hydrogen) atoms. The number of carbonyl (C=O) groups is 2. The molecule has 2 aromatic carbocycles. The number of carbonyl (C=O) groups excluding carboxylic acids is 2. The first-order valence-corrected chi connectivity index (χ1v) is 13.0. The molecule has 2 fully saturated rings. The maximum Gasteiger partial charge on any atom is 0.319 e. The zero-order valence-electron chi connectivity index (χ0n) is 19.8. The van der Waals surface area contributed by atoms with Gasteiger partial charge in [-0.1, -0.05) is 35.7 Å². The molecule has 6 nitrogen and oxygen atoms in total. The summed E-state index contributed by atoms with van der Waals surface area (Å²) in [7, 11) is 0. The van der Waals surface area contributed by atoms with Gasteiger partial charge >= 0.3 is 6.03 Å². The highest BCUT2D eigenvalue weighted by Gasteiger charge is 2.43. The van der Waals surface area contributed by atoms with E-state index in [0.717, 1.165) is 75.5 Å². The predicted octanol–water partition coefficient (Wildman–Crippen LogP) is 5.56. The molecule has 0 spiro atoms. The number of rotatable bonds is 10. The van der Waals surface area contributed by atoms with Gasteiger partial charge in [-0.05, 0) is 68.0 Å². The second-order valence-electron chi connectivity index (χ2n) is 9.52. The van der Waals surface area contributed by atoms with Crippen LogP contribution < -0.4 is 16.0 Å². The Morgan fingerprint density at radius 2 is 1.78 bits per heavy atom. The lowest BCUT2D eigenvalue weighted by molar-refractivity contribution is -0.122. The van der Waals surface area contributed by atoms with Crippen LogP contribution in [0, 0.1) is 17.6 Å². The zero-order chi connectivity index (χ0) is 25.7. The van der Waals surface area contributed by atoms with Crippen LogP contribution in [0.2, 0.25) is 10.0 Å². The van der Waals surface area contributed by atoms with Gasteiger partial charge in [-0.15, -0.1) is 0 Å². The summed E-state index contributed by atoms with van der Waals surface area (Å²) in [6.07, 6.45) is 4.58. The molecule has 1 heterocycles. The van der Waals surface area contributed by atoms with Gasteiger partial charge in [0.15, 0.2) is 0 Å². The van der Waals surface area contributed by atoms with Crippen molar-refractivity contribution in [1.82, 2.24) is 15.5 Å². The maximum absolute atomic E-state index is 13.3. The van der Waals surface area contributed by atoms with Crippen LogP contribution in [0.3, 0.4) is 0 Å². The Hall–Kier alpha value is -2.42. The number of halogens is 4. The first kappa shape index (κ1) is 26.6. The minimum Gasteiger partial charge on any atom is -0.356 e. The Labute approximate surface area is 219 Å². The van der Waals surface area contributed by atoms with E-state index in [0.29, 0.717) is 16.6 Å². The number of nitrogens with zero attached hydrogens (tertiary/aromatic N) is 1.